The second kappa shape index (κ2) is 9.21. The van der Waals surface area contributed by atoms with E-state index >= 15 is 0 Å². The molecule has 0 aliphatic carbocycles. The highest BCUT2D eigenvalue weighted by Crippen LogP contribution is 2.15. The molecule has 0 amide bonds. The van der Waals surface area contributed by atoms with Crippen molar-refractivity contribution in [3.05, 3.63) is 24.4 Å². The van der Waals surface area contributed by atoms with E-state index in [4.69, 9.17) is 9.47 Å². The van der Waals surface area contributed by atoms with Gasteiger partial charge in [0.05, 0.1) is 6.61 Å². The maximum atomic E-state index is 5.83. The largest absolute Gasteiger partial charge is 0.355 e. The minimum Gasteiger partial charge on any atom is -0.355 e. The summed E-state index contributed by atoms with van der Waals surface area (Å²) < 4.78 is 11.4. The minimum absolute atomic E-state index is 0.0486. The molecule has 2 aliphatic heterocycles. The fraction of sp³-hybridized carbons (Fsp3) is 0.722. The van der Waals surface area contributed by atoms with Gasteiger partial charge in [-0.2, -0.15) is 0 Å². The Balaban J connectivity index is 1.33. The second-order valence-electron chi connectivity index (χ2n) is 6.39. The van der Waals surface area contributed by atoms with Crippen molar-refractivity contribution in [1.29, 1.82) is 0 Å². The average Bonchev–Trinajstić information content (AvgIpc) is 2.86. The van der Waals surface area contributed by atoms with Crippen LogP contribution >= 0.6 is 0 Å². The van der Waals surface area contributed by atoms with E-state index in [0.29, 0.717) is 0 Å². The zero-order valence-electron chi connectivity index (χ0n) is 14.0. The summed E-state index contributed by atoms with van der Waals surface area (Å²) in [4.78, 5) is 9.41. The molecular weight excluding hydrogens is 290 g/mol. The molecule has 1 unspecified atom stereocenters. The highest BCUT2D eigenvalue weighted by molar-refractivity contribution is 5.37. The molecule has 2 aliphatic rings. The molecule has 0 aromatic carbocycles. The van der Waals surface area contributed by atoms with Crippen molar-refractivity contribution in [1.82, 2.24) is 9.88 Å². The maximum absolute atomic E-state index is 5.83. The zero-order chi connectivity index (χ0) is 15.7. The van der Waals surface area contributed by atoms with E-state index in [-0.39, 0.29) is 6.29 Å². The van der Waals surface area contributed by atoms with Crippen molar-refractivity contribution in [2.75, 3.05) is 50.8 Å². The lowest BCUT2D eigenvalue weighted by atomic mass is 10.2. The van der Waals surface area contributed by atoms with Gasteiger partial charge in [-0.05, 0) is 50.8 Å². The number of nitrogens with zero attached hydrogens (tertiary/aromatic N) is 3. The third kappa shape index (κ3) is 5.44. The molecule has 128 valence electrons. The first-order chi connectivity index (χ1) is 11.4. The highest BCUT2D eigenvalue weighted by Gasteiger charge is 2.16. The van der Waals surface area contributed by atoms with Crippen LogP contribution in [0.25, 0.3) is 0 Å². The SMILES string of the molecule is c1ccc(N2CCCN(CCCOC3CCCCO3)CC2)nc1. The Bertz CT molecular complexity index is 437. The Morgan fingerprint density at radius 2 is 2.13 bits per heavy atom. The monoisotopic (exact) mass is 319 g/mol. The molecule has 0 bridgehead atoms. The molecule has 2 fully saturated rings. The summed E-state index contributed by atoms with van der Waals surface area (Å²) in [6.07, 6.45) is 7.69. The standard InChI is InChI=1S/C18H29N3O2/c1-3-9-19-17(7-1)21-12-5-10-20(13-14-21)11-6-16-23-18-8-2-4-15-22-18/h1,3,7,9,18H,2,4-6,8,10-16H2. The lowest BCUT2D eigenvalue weighted by Gasteiger charge is -2.24. The fourth-order valence-electron chi connectivity index (χ4n) is 3.31. The lowest BCUT2D eigenvalue weighted by Crippen LogP contribution is -2.32. The molecule has 0 radical (unpaired) electrons. The van der Waals surface area contributed by atoms with Gasteiger partial charge in [-0.15, -0.1) is 0 Å². The van der Waals surface area contributed by atoms with Crippen molar-refractivity contribution >= 4 is 5.82 Å². The van der Waals surface area contributed by atoms with Crippen molar-refractivity contribution < 1.29 is 9.47 Å². The lowest BCUT2D eigenvalue weighted by molar-refractivity contribution is -0.163. The Morgan fingerprint density at radius 1 is 1.13 bits per heavy atom. The summed E-state index contributed by atoms with van der Waals surface area (Å²) in [5, 5.41) is 0. The van der Waals surface area contributed by atoms with Crippen LogP contribution in [0.5, 0.6) is 0 Å². The molecule has 5 nitrogen and oxygen atoms in total. The number of anilines is 1. The molecule has 2 saturated heterocycles. The number of hydrogen-bond donors (Lipinski definition) is 0. The van der Waals surface area contributed by atoms with E-state index in [1.165, 1.54) is 25.8 Å². The molecule has 1 atom stereocenters. The molecule has 1 aromatic rings. The molecule has 0 N–H and O–H groups in total. The smallest absolute Gasteiger partial charge is 0.157 e. The topological polar surface area (TPSA) is 37.8 Å². The van der Waals surface area contributed by atoms with E-state index < -0.39 is 0 Å². The quantitative estimate of drug-likeness (QED) is 0.753. The van der Waals surface area contributed by atoms with Crippen LogP contribution < -0.4 is 4.90 Å². The summed E-state index contributed by atoms with van der Waals surface area (Å²) in [6.45, 7) is 7.22. The first-order valence-corrected chi connectivity index (χ1v) is 9.03. The first kappa shape index (κ1) is 16.7. The van der Waals surface area contributed by atoms with Gasteiger partial charge < -0.3 is 19.3 Å². The van der Waals surface area contributed by atoms with Crippen LogP contribution in [0.1, 0.15) is 32.1 Å². The predicted molar refractivity (Wildman–Crippen MR) is 91.7 cm³/mol. The van der Waals surface area contributed by atoms with Gasteiger partial charge in [0.1, 0.15) is 5.82 Å². The van der Waals surface area contributed by atoms with Crippen molar-refractivity contribution in [2.45, 2.75) is 38.4 Å². The molecule has 0 saturated carbocycles. The number of ether oxygens (including phenoxy) is 2. The van der Waals surface area contributed by atoms with Crippen LogP contribution in [0, 0.1) is 0 Å². The average molecular weight is 319 g/mol. The third-order valence-electron chi connectivity index (χ3n) is 4.62. The van der Waals surface area contributed by atoms with Gasteiger partial charge in [0, 0.05) is 39.0 Å². The number of hydrogen-bond acceptors (Lipinski definition) is 5. The second-order valence-corrected chi connectivity index (χ2v) is 6.39. The van der Waals surface area contributed by atoms with Gasteiger partial charge in [-0.3, -0.25) is 0 Å². The summed E-state index contributed by atoms with van der Waals surface area (Å²) in [7, 11) is 0. The first-order valence-electron chi connectivity index (χ1n) is 9.03. The maximum Gasteiger partial charge on any atom is 0.157 e. The summed E-state index contributed by atoms with van der Waals surface area (Å²) in [6, 6.07) is 6.15. The molecule has 3 heterocycles. The van der Waals surface area contributed by atoms with E-state index in [1.807, 2.05) is 12.3 Å². The van der Waals surface area contributed by atoms with Gasteiger partial charge in [-0.1, -0.05) is 6.07 Å². The molecule has 0 spiro atoms. The van der Waals surface area contributed by atoms with Crippen LogP contribution in [0.4, 0.5) is 5.82 Å². The van der Waals surface area contributed by atoms with Crippen molar-refractivity contribution in [3.63, 3.8) is 0 Å². The van der Waals surface area contributed by atoms with Gasteiger partial charge in [0.2, 0.25) is 0 Å². The Labute approximate surface area is 139 Å². The van der Waals surface area contributed by atoms with E-state index in [9.17, 15) is 0 Å². The zero-order valence-corrected chi connectivity index (χ0v) is 14.0. The minimum atomic E-state index is 0.0486. The summed E-state index contributed by atoms with van der Waals surface area (Å²) in [5.41, 5.74) is 0. The van der Waals surface area contributed by atoms with E-state index in [2.05, 4.69) is 26.9 Å². The van der Waals surface area contributed by atoms with Gasteiger partial charge in [0.15, 0.2) is 6.29 Å². The van der Waals surface area contributed by atoms with E-state index in [1.54, 1.807) is 0 Å². The summed E-state index contributed by atoms with van der Waals surface area (Å²) >= 11 is 0. The number of pyridine rings is 1. The third-order valence-corrected chi connectivity index (χ3v) is 4.62. The molecule has 5 heteroatoms. The Morgan fingerprint density at radius 3 is 2.96 bits per heavy atom. The fourth-order valence-corrected chi connectivity index (χ4v) is 3.31. The summed E-state index contributed by atoms with van der Waals surface area (Å²) in [5.74, 6) is 1.10. The van der Waals surface area contributed by atoms with Crippen molar-refractivity contribution in [2.24, 2.45) is 0 Å². The van der Waals surface area contributed by atoms with Crippen LogP contribution in [-0.2, 0) is 9.47 Å². The van der Waals surface area contributed by atoms with Gasteiger partial charge in [-0.25, -0.2) is 4.98 Å². The normalized spacial score (nSPS) is 23.7. The van der Waals surface area contributed by atoms with Crippen molar-refractivity contribution in [3.8, 4) is 0 Å². The van der Waals surface area contributed by atoms with Gasteiger partial charge >= 0.3 is 0 Å². The van der Waals surface area contributed by atoms with Crippen LogP contribution in [0.15, 0.2) is 24.4 Å². The highest BCUT2D eigenvalue weighted by atomic mass is 16.7. The van der Waals surface area contributed by atoms with Crippen LogP contribution in [-0.4, -0.2) is 62.1 Å². The number of rotatable bonds is 6. The van der Waals surface area contributed by atoms with Gasteiger partial charge in [0.25, 0.3) is 0 Å². The molecule has 1 aromatic heterocycles. The van der Waals surface area contributed by atoms with E-state index in [0.717, 1.165) is 58.1 Å². The predicted octanol–water partition coefficient (Wildman–Crippen LogP) is 2.53. The Kier molecular flexibility index (Phi) is 6.68. The number of aromatic nitrogens is 1. The molecular formula is C18H29N3O2. The Hall–Kier alpha value is -1.17. The van der Waals surface area contributed by atoms with Crippen LogP contribution in [0.2, 0.25) is 0 Å². The molecule has 23 heavy (non-hydrogen) atoms. The van der Waals surface area contributed by atoms with Crippen LogP contribution in [0.3, 0.4) is 0 Å². The molecule has 3 rings (SSSR count).